The fourth-order valence-electron chi connectivity index (χ4n) is 3.91. The van der Waals surface area contributed by atoms with Gasteiger partial charge in [0.15, 0.2) is 5.78 Å². The molecule has 32 heavy (non-hydrogen) atoms. The summed E-state index contributed by atoms with van der Waals surface area (Å²) in [5, 5.41) is 0. The third-order valence-electron chi connectivity index (χ3n) is 5.64. The van der Waals surface area contributed by atoms with Crippen LogP contribution in [0.15, 0.2) is 47.4 Å². The molecule has 0 aromatic heterocycles. The highest BCUT2D eigenvalue weighted by Crippen LogP contribution is 2.32. The van der Waals surface area contributed by atoms with Gasteiger partial charge in [-0.05, 0) is 61.4 Å². The van der Waals surface area contributed by atoms with Gasteiger partial charge in [0.1, 0.15) is 5.75 Å². The molecule has 0 N–H and O–H groups in total. The van der Waals surface area contributed by atoms with Crippen molar-refractivity contribution < 1.29 is 22.7 Å². The second-order valence-electron chi connectivity index (χ2n) is 7.56. The highest BCUT2D eigenvalue weighted by Gasteiger charge is 2.28. The highest BCUT2D eigenvalue weighted by molar-refractivity contribution is 7.89. The van der Waals surface area contributed by atoms with E-state index < -0.39 is 10.0 Å². The third-order valence-corrected chi connectivity index (χ3v) is 7.69. The molecule has 3 rings (SSSR count). The van der Waals surface area contributed by atoms with Crippen LogP contribution in [0.25, 0.3) is 0 Å². The van der Waals surface area contributed by atoms with Crippen molar-refractivity contribution in [2.24, 2.45) is 0 Å². The van der Waals surface area contributed by atoms with Crippen LogP contribution in [0.1, 0.15) is 49.5 Å². The summed E-state index contributed by atoms with van der Waals surface area (Å²) in [7, 11) is -3.54. The Morgan fingerprint density at radius 1 is 1.00 bits per heavy atom. The monoisotopic (exact) mass is 458 g/mol. The number of ether oxygens (including phenoxy) is 1. The topological polar surface area (TPSA) is 84.0 Å². The molecule has 0 unspecified atom stereocenters. The van der Waals surface area contributed by atoms with Crippen LogP contribution in [0.2, 0.25) is 0 Å². The van der Waals surface area contributed by atoms with Crippen molar-refractivity contribution in [2.45, 2.75) is 44.9 Å². The predicted octanol–water partition coefficient (Wildman–Crippen LogP) is 3.67. The zero-order valence-corrected chi connectivity index (χ0v) is 19.7. The molecule has 2 aromatic rings. The van der Waals surface area contributed by atoms with Gasteiger partial charge in [-0.15, -0.1) is 0 Å². The number of hydrogen-bond donors (Lipinski definition) is 0. The summed E-state index contributed by atoms with van der Waals surface area (Å²) in [6, 6.07) is 11.8. The predicted molar refractivity (Wildman–Crippen MR) is 124 cm³/mol. The molecule has 0 bridgehead atoms. The van der Waals surface area contributed by atoms with E-state index in [0.717, 1.165) is 11.3 Å². The van der Waals surface area contributed by atoms with E-state index in [4.69, 9.17) is 4.74 Å². The molecule has 1 heterocycles. The maximum atomic E-state index is 12.8. The minimum atomic E-state index is -3.54. The van der Waals surface area contributed by atoms with Crippen molar-refractivity contribution in [1.82, 2.24) is 4.31 Å². The molecule has 0 saturated carbocycles. The van der Waals surface area contributed by atoms with Crippen LogP contribution < -0.4 is 9.64 Å². The van der Waals surface area contributed by atoms with Gasteiger partial charge in [0.05, 0.1) is 11.5 Å². The van der Waals surface area contributed by atoms with Crippen molar-refractivity contribution in [3.8, 4) is 5.75 Å². The lowest BCUT2D eigenvalue weighted by Gasteiger charge is -2.20. The number of amides is 1. The molecule has 7 nitrogen and oxygen atoms in total. The fraction of sp³-hybridized carbons (Fsp3) is 0.417. The molecule has 0 fully saturated rings. The number of hydrogen-bond acceptors (Lipinski definition) is 5. The summed E-state index contributed by atoms with van der Waals surface area (Å²) >= 11 is 0. The van der Waals surface area contributed by atoms with Crippen LogP contribution in [-0.2, 0) is 21.2 Å². The second kappa shape index (κ2) is 10.3. The maximum Gasteiger partial charge on any atom is 0.243 e. The number of rotatable bonds is 10. The Hall–Kier alpha value is -2.71. The highest BCUT2D eigenvalue weighted by atomic mass is 32.2. The molecule has 0 aliphatic carbocycles. The zero-order chi connectivity index (χ0) is 23.3. The van der Waals surface area contributed by atoms with Crippen LogP contribution in [0, 0.1) is 0 Å². The molecule has 0 saturated heterocycles. The number of fused-ring (bicyclic) bond motifs is 1. The normalized spacial score (nSPS) is 13.3. The molecule has 0 atom stereocenters. The zero-order valence-electron chi connectivity index (χ0n) is 18.8. The number of carbonyl (C=O) groups is 2. The molecule has 8 heteroatoms. The second-order valence-corrected chi connectivity index (χ2v) is 9.49. The molecule has 2 aromatic carbocycles. The summed E-state index contributed by atoms with van der Waals surface area (Å²) in [6.07, 6.45) is 0.813. The van der Waals surface area contributed by atoms with Crippen molar-refractivity contribution in [2.75, 3.05) is 31.1 Å². The first kappa shape index (κ1) is 23.9. The number of sulfonamides is 1. The number of carbonyl (C=O) groups excluding carboxylic acids is 2. The lowest BCUT2D eigenvalue weighted by molar-refractivity contribution is -0.118. The van der Waals surface area contributed by atoms with E-state index in [1.807, 2.05) is 20.8 Å². The first-order chi connectivity index (χ1) is 15.3. The molecule has 1 aliphatic heterocycles. The molecular weight excluding hydrogens is 428 g/mol. The van der Waals surface area contributed by atoms with Crippen LogP contribution in [0.4, 0.5) is 5.69 Å². The molecule has 1 amide bonds. The minimum absolute atomic E-state index is 0.0958. The summed E-state index contributed by atoms with van der Waals surface area (Å²) in [4.78, 5) is 27.2. The van der Waals surface area contributed by atoms with Crippen LogP contribution in [0.5, 0.6) is 5.75 Å². The van der Waals surface area contributed by atoms with Gasteiger partial charge >= 0.3 is 0 Å². The van der Waals surface area contributed by atoms with Crippen LogP contribution in [0.3, 0.4) is 0 Å². The SMILES string of the molecule is CCOc1ccc(C(=O)CCC(=O)N2CCc3cc(S(=O)(=O)N(CC)CC)ccc32)cc1. The Bertz CT molecular complexity index is 1080. The van der Waals surface area contributed by atoms with E-state index >= 15 is 0 Å². The lowest BCUT2D eigenvalue weighted by atomic mass is 10.1. The Labute approximate surface area is 190 Å². The Balaban J connectivity index is 1.66. The summed E-state index contributed by atoms with van der Waals surface area (Å²) in [5.41, 5.74) is 2.11. The molecule has 1 aliphatic rings. The van der Waals surface area contributed by atoms with Gasteiger partial charge in [-0.1, -0.05) is 13.8 Å². The van der Waals surface area contributed by atoms with E-state index in [-0.39, 0.29) is 29.4 Å². The summed E-state index contributed by atoms with van der Waals surface area (Å²) < 4.78 is 32.4. The number of benzene rings is 2. The third kappa shape index (κ3) is 5.02. The van der Waals surface area contributed by atoms with Gasteiger partial charge in [0, 0.05) is 43.7 Å². The van der Waals surface area contributed by atoms with E-state index in [1.54, 1.807) is 47.4 Å². The quantitative estimate of drug-likeness (QED) is 0.507. The minimum Gasteiger partial charge on any atom is -0.494 e. The standard InChI is InChI=1S/C24H30N2O5S/c1-4-25(5-2)32(29,30)21-11-12-22-19(17-21)15-16-26(22)24(28)14-13-23(27)18-7-9-20(10-8-18)31-6-3/h7-12,17H,4-6,13-16H2,1-3H3. The van der Waals surface area contributed by atoms with Crippen molar-refractivity contribution in [1.29, 1.82) is 0 Å². The van der Waals surface area contributed by atoms with E-state index in [2.05, 4.69) is 0 Å². The maximum absolute atomic E-state index is 12.8. The number of nitrogens with zero attached hydrogens (tertiary/aromatic N) is 2. The lowest BCUT2D eigenvalue weighted by Crippen LogP contribution is -2.31. The number of Topliss-reactive ketones (excluding diaryl/α,β-unsaturated/α-hetero) is 1. The largest absolute Gasteiger partial charge is 0.494 e. The summed E-state index contributed by atoms with van der Waals surface area (Å²) in [6.45, 7) is 7.37. The van der Waals surface area contributed by atoms with Gasteiger partial charge in [-0.25, -0.2) is 8.42 Å². The van der Waals surface area contributed by atoms with Gasteiger partial charge < -0.3 is 9.64 Å². The number of ketones is 1. The molecular formula is C24H30N2O5S. The molecule has 0 radical (unpaired) electrons. The average Bonchev–Trinajstić information content (AvgIpc) is 3.22. The van der Waals surface area contributed by atoms with E-state index in [1.165, 1.54) is 4.31 Å². The first-order valence-electron chi connectivity index (χ1n) is 11.0. The Morgan fingerprint density at radius 2 is 1.69 bits per heavy atom. The average molecular weight is 459 g/mol. The molecule has 0 spiro atoms. The van der Waals surface area contributed by atoms with E-state index in [0.29, 0.717) is 44.0 Å². The Kier molecular flexibility index (Phi) is 7.69. The van der Waals surface area contributed by atoms with Crippen LogP contribution >= 0.6 is 0 Å². The molecule has 172 valence electrons. The number of anilines is 1. The fourth-order valence-corrected chi connectivity index (χ4v) is 5.42. The van der Waals surface area contributed by atoms with Crippen molar-refractivity contribution >= 4 is 27.4 Å². The Morgan fingerprint density at radius 3 is 2.31 bits per heavy atom. The first-order valence-corrected chi connectivity index (χ1v) is 12.4. The van der Waals surface area contributed by atoms with Gasteiger partial charge in [0.25, 0.3) is 0 Å². The van der Waals surface area contributed by atoms with Crippen molar-refractivity contribution in [3.63, 3.8) is 0 Å². The smallest absolute Gasteiger partial charge is 0.243 e. The van der Waals surface area contributed by atoms with Gasteiger partial charge in [-0.2, -0.15) is 4.31 Å². The van der Waals surface area contributed by atoms with Crippen molar-refractivity contribution in [3.05, 3.63) is 53.6 Å². The summed E-state index contributed by atoms with van der Waals surface area (Å²) in [5.74, 6) is 0.472. The van der Waals surface area contributed by atoms with Gasteiger partial charge in [-0.3, -0.25) is 9.59 Å². The van der Waals surface area contributed by atoms with Crippen LogP contribution in [-0.4, -0.2) is 50.7 Å². The van der Waals surface area contributed by atoms with E-state index in [9.17, 15) is 18.0 Å². The van der Waals surface area contributed by atoms with Gasteiger partial charge in [0.2, 0.25) is 15.9 Å².